The Kier molecular flexibility index (Phi) is 8.36. The van der Waals surface area contributed by atoms with E-state index in [1.54, 1.807) is 7.11 Å². The Morgan fingerprint density at radius 1 is 1.05 bits per heavy atom. The molecule has 0 amide bonds. The highest BCUT2D eigenvalue weighted by molar-refractivity contribution is 5.37. The fraction of sp³-hybridized carbons (Fsp3) is 0.667. The quantitative estimate of drug-likeness (QED) is 0.601. The van der Waals surface area contributed by atoms with Gasteiger partial charge in [-0.1, -0.05) is 64.0 Å². The Labute approximate surface area is 124 Å². The molecule has 2 N–H and O–H groups in total. The van der Waals surface area contributed by atoms with Crippen LogP contribution >= 0.6 is 0 Å². The minimum Gasteiger partial charge on any atom is -0.496 e. The zero-order chi connectivity index (χ0) is 14.8. The lowest BCUT2D eigenvalue weighted by molar-refractivity contribution is 0.411. The average Bonchev–Trinajstić information content (AvgIpc) is 2.46. The second kappa shape index (κ2) is 9.82. The van der Waals surface area contributed by atoms with Gasteiger partial charge in [-0.2, -0.15) is 0 Å². The summed E-state index contributed by atoms with van der Waals surface area (Å²) in [7, 11) is 1.71. The summed E-state index contributed by atoms with van der Waals surface area (Å²) < 4.78 is 5.28. The first kappa shape index (κ1) is 17.0. The number of unbranched alkanes of at least 4 members (excludes halogenated alkanes) is 6. The third-order valence-corrected chi connectivity index (χ3v) is 3.97. The van der Waals surface area contributed by atoms with Crippen molar-refractivity contribution in [3.8, 4) is 5.75 Å². The van der Waals surface area contributed by atoms with Crippen LogP contribution in [0.1, 0.15) is 75.5 Å². The molecule has 1 rings (SSSR count). The van der Waals surface area contributed by atoms with E-state index >= 15 is 0 Å². The molecule has 0 aromatic heterocycles. The summed E-state index contributed by atoms with van der Waals surface area (Å²) >= 11 is 0. The van der Waals surface area contributed by atoms with E-state index in [1.165, 1.54) is 56.1 Å². The van der Waals surface area contributed by atoms with Gasteiger partial charge in [0.2, 0.25) is 0 Å². The second-order valence-electron chi connectivity index (χ2n) is 5.75. The van der Waals surface area contributed by atoms with Crippen molar-refractivity contribution in [2.75, 3.05) is 7.11 Å². The number of ether oxygens (including phenoxy) is 1. The molecule has 1 unspecified atom stereocenters. The van der Waals surface area contributed by atoms with E-state index in [2.05, 4.69) is 26.0 Å². The Morgan fingerprint density at radius 2 is 1.70 bits per heavy atom. The highest BCUT2D eigenvalue weighted by Crippen LogP contribution is 2.24. The van der Waals surface area contributed by atoms with Gasteiger partial charge in [-0.15, -0.1) is 0 Å². The monoisotopic (exact) mass is 277 g/mol. The number of rotatable bonds is 10. The molecule has 0 fully saturated rings. The van der Waals surface area contributed by atoms with Crippen molar-refractivity contribution in [2.24, 2.45) is 5.73 Å². The minimum absolute atomic E-state index is 0.162. The molecular formula is C18H31NO. The van der Waals surface area contributed by atoms with Crippen molar-refractivity contribution in [3.63, 3.8) is 0 Å². The van der Waals surface area contributed by atoms with Crippen LogP contribution in [0.3, 0.4) is 0 Å². The lowest BCUT2D eigenvalue weighted by Crippen LogP contribution is -2.10. The van der Waals surface area contributed by atoms with E-state index in [0.29, 0.717) is 0 Å². The first-order valence-corrected chi connectivity index (χ1v) is 8.09. The van der Waals surface area contributed by atoms with E-state index in [-0.39, 0.29) is 6.04 Å². The third kappa shape index (κ3) is 5.96. The Bertz CT molecular complexity index is 376. The molecular weight excluding hydrogens is 246 g/mol. The number of methoxy groups -OCH3 is 1. The Morgan fingerprint density at radius 3 is 2.30 bits per heavy atom. The van der Waals surface area contributed by atoms with Crippen molar-refractivity contribution in [1.82, 2.24) is 0 Å². The zero-order valence-electron chi connectivity index (χ0n) is 13.5. The molecule has 0 aliphatic rings. The van der Waals surface area contributed by atoms with Crippen LogP contribution in [0.2, 0.25) is 0 Å². The topological polar surface area (TPSA) is 35.2 Å². The van der Waals surface area contributed by atoms with E-state index in [9.17, 15) is 0 Å². The van der Waals surface area contributed by atoms with Gasteiger partial charge in [0.15, 0.2) is 0 Å². The largest absolute Gasteiger partial charge is 0.496 e. The molecule has 0 radical (unpaired) electrons. The second-order valence-corrected chi connectivity index (χ2v) is 5.75. The number of nitrogens with two attached hydrogens (primary N) is 1. The van der Waals surface area contributed by atoms with Crippen LogP contribution < -0.4 is 10.5 Å². The molecule has 2 nitrogen and oxygen atoms in total. The van der Waals surface area contributed by atoms with Gasteiger partial charge in [0, 0.05) is 6.04 Å². The molecule has 1 atom stereocenters. The normalized spacial score (nSPS) is 12.4. The minimum atomic E-state index is 0.162. The van der Waals surface area contributed by atoms with Gasteiger partial charge in [0.25, 0.3) is 0 Å². The average molecular weight is 277 g/mol. The molecule has 114 valence electrons. The molecule has 0 bridgehead atoms. The molecule has 1 aromatic rings. The molecule has 0 heterocycles. The van der Waals surface area contributed by atoms with Gasteiger partial charge in [0.05, 0.1) is 7.11 Å². The van der Waals surface area contributed by atoms with E-state index in [0.717, 1.165) is 12.2 Å². The van der Waals surface area contributed by atoms with Crippen LogP contribution in [0.4, 0.5) is 0 Å². The highest BCUT2D eigenvalue weighted by Gasteiger charge is 2.07. The van der Waals surface area contributed by atoms with Crippen LogP contribution in [0.15, 0.2) is 18.2 Å². The number of benzene rings is 1. The summed E-state index contributed by atoms with van der Waals surface area (Å²) in [6.45, 7) is 4.33. The Balaban J connectivity index is 2.25. The van der Waals surface area contributed by atoms with Crippen molar-refractivity contribution in [2.45, 2.75) is 71.3 Å². The summed E-state index contributed by atoms with van der Waals surface area (Å²) in [5.41, 5.74) is 8.67. The lowest BCUT2D eigenvalue weighted by Gasteiger charge is -2.14. The van der Waals surface area contributed by atoms with Gasteiger partial charge in [-0.25, -0.2) is 0 Å². The smallest absolute Gasteiger partial charge is 0.121 e. The van der Waals surface area contributed by atoms with Crippen molar-refractivity contribution < 1.29 is 4.74 Å². The summed E-state index contributed by atoms with van der Waals surface area (Å²) in [6, 6.07) is 6.44. The van der Waals surface area contributed by atoms with Crippen LogP contribution in [-0.4, -0.2) is 7.11 Å². The maximum Gasteiger partial charge on any atom is 0.121 e. The van der Waals surface area contributed by atoms with Crippen LogP contribution in [0.5, 0.6) is 5.75 Å². The highest BCUT2D eigenvalue weighted by atomic mass is 16.5. The number of aryl methyl sites for hydroxylation is 1. The predicted octanol–water partition coefficient (Wildman–Crippen LogP) is 5.14. The summed E-state index contributed by atoms with van der Waals surface area (Å²) in [5, 5.41) is 0. The molecule has 0 spiro atoms. The van der Waals surface area contributed by atoms with Crippen LogP contribution in [0, 0.1) is 6.92 Å². The fourth-order valence-electron chi connectivity index (χ4n) is 2.62. The van der Waals surface area contributed by atoms with Crippen molar-refractivity contribution >= 4 is 0 Å². The molecule has 0 aliphatic heterocycles. The Hall–Kier alpha value is -1.02. The maximum atomic E-state index is 6.28. The predicted molar refractivity (Wildman–Crippen MR) is 87.3 cm³/mol. The van der Waals surface area contributed by atoms with Gasteiger partial charge in [-0.05, 0) is 30.5 Å². The van der Waals surface area contributed by atoms with Gasteiger partial charge < -0.3 is 10.5 Å². The SMILES string of the molecule is CCCCCCCCCC(N)c1ccc(OC)c(C)c1. The summed E-state index contributed by atoms with van der Waals surface area (Å²) in [6.07, 6.45) is 10.5. The summed E-state index contributed by atoms with van der Waals surface area (Å²) in [4.78, 5) is 0. The summed E-state index contributed by atoms with van der Waals surface area (Å²) in [5.74, 6) is 0.942. The molecule has 20 heavy (non-hydrogen) atoms. The molecule has 0 aliphatic carbocycles. The van der Waals surface area contributed by atoms with Gasteiger partial charge in [-0.3, -0.25) is 0 Å². The van der Waals surface area contributed by atoms with Crippen LogP contribution in [0.25, 0.3) is 0 Å². The van der Waals surface area contributed by atoms with Crippen molar-refractivity contribution in [1.29, 1.82) is 0 Å². The van der Waals surface area contributed by atoms with Crippen LogP contribution in [-0.2, 0) is 0 Å². The first-order chi connectivity index (χ1) is 9.69. The van der Waals surface area contributed by atoms with E-state index in [4.69, 9.17) is 10.5 Å². The standard InChI is InChI=1S/C18H31NO/c1-4-5-6-7-8-9-10-11-17(19)16-12-13-18(20-3)15(2)14-16/h12-14,17H,4-11,19H2,1-3H3. The van der Waals surface area contributed by atoms with E-state index in [1.807, 2.05) is 6.07 Å². The molecule has 1 aromatic carbocycles. The maximum absolute atomic E-state index is 6.28. The zero-order valence-corrected chi connectivity index (χ0v) is 13.5. The number of hydrogen-bond acceptors (Lipinski definition) is 2. The number of hydrogen-bond donors (Lipinski definition) is 1. The molecule has 2 heteroatoms. The van der Waals surface area contributed by atoms with Gasteiger partial charge in [0.1, 0.15) is 5.75 Å². The molecule has 0 saturated carbocycles. The lowest BCUT2D eigenvalue weighted by atomic mass is 9.98. The van der Waals surface area contributed by atoms with Crippen molar-refractivity contribution in [3.05, 3.63) is 29.3 Å². The van der Waals surface area contributed by atoms with E-state index < -0.39 is 0 Å². The first-order valence-electron chi connectivity index (χ1n) is 8.09. The van der Waals surface area contributed by atoms with Gasteiger partial charge >= 0.3 is 0 Å². The fourth-order valence-corrected chi connectivity index (χ4v) is 2.62. The molecule has 0 saturated heterocycles. The third-order valence-electron chi connectivity index (χ3n) is 3.97.